The van der Waals surface area contributed by atoms with Crippen molar-refractivity contribution in [2.24, 2.45) is 5.73 Å². The zero-order valence-electron chi connectivity index (χ0n) is 11.6. The smallest absolute Gasteiger partial charge is 0.140 e. The Morgan fingerprint density at radius 3 is 2.47 bits per heavy atom. The maximum Gasteiger partial charge on any atom is 0.140 e. The van der Waals surface area contributed by atoms with Gasteiger partial charge in [-0.1, -0.05) is 24.2 Å². The van der Waals surface area contributed by atoms with E-state index in [4.69, 9.17) is 15.0 Å². The van der Waals surface area contributed by atoms with Gasteiger partial charge in [0.1, 0.15) is 18.1 Å². The van der Waals surface area contributed by atoms with Crippen LogP contribution in [-0.4, -0.2) is 5.16 Å². The Bertz CT molecular complexity index is 512. The molecule has 0 bridgehead atoms. The molecule has 0 fully saturated rings. The van der Waals surface area contributed by atoms with Crippen molar-refractivity contribution in [2.45, 2.75) is 39.8 Å². The highest BCUT2D eigenvalue weighted by molar-refractivity contribution is 5.29. The number of nitrogens with two attached hydrogens (primary N) is 1. The molecular formula is C15H20N2O2. The van der Waals surface area contributed by atoms with E-state index in [0.717, 1.165) is 34.8 Å². The van der Waals surface area contributed by atoms with Crippen LogP contribution in [0.3, 0.4) is 0 Å². The Morgan fingerprint density at radius 2 is 1.95 bits per heavy atom. The maximum absolute atomic E-state index is 5.97. The molecule has 102 valence electrons. The van der Waals surface area contributed by atoms with Crippen molar-refractivity contribution in [3.05, 3.63) is 46.8 Å². The van der Waals surface area contributed by atoms with E-state index in [-0.39, 0.29) is 6.04 Å². The zero-order chi connectivity index (χ0) is 13.8. The SMILES string of the molecule is CCC(N)c1ccc(OCc2c(C)noc2C)cc1. The summed E-state index contributed by atoms with van der Waals surface area (Å²) in [4.78, 5) is 0. The van der Waals surface area contributed by atoms with Gasteiger partial charge in [-0.3, -0.25) is 0 Å². The van der Waals surface area contributed by atoms with Crippen LogP contribution >= 0.6 is 0 Å². The Morgan fingerprint density at radius 1 is 1.26 bits per heavy atom. The van der Waals surface area contributed by atoms with Gasteiger partial charge >= 0.3 is 0 Å². The Labute approximate surface area is 113 Å². The molecule has 0 aliphatic rings. The first-order chi connectivity index (χ1) is 9.11. The fraction of sp³-hybridized carbons (Fsp3) is 0.400. The third-order valence-corrected chi connectivity index (χ3v) is 3.31. The Kier molecular flexibility index (Phi) is 4.22. The van der Waals surface area contributed by atoms with Gasteiger partial charge in [-0.15, -0.1) is 0 Å². The number of aromatic nitrogens is 1. The first-order valence-electron chi connectivity index (χ1n) is 6.52. The molecule has 4 nitrogen and oxygen atoms in total. The maximum atomic E-state index is 5.97. The quantitative estimate of drug-likeness (QED) is 0.896. The molecular weight excluding hydrogens is 240 g/mol. The third-order valence-electron chi connectivity index (χ3n) is 3.31. The van der Waals surface area contributed by atoms with Crippen LogP contribution in [0.5, 0.6) is 5.75 Å². The van der Waals surface area contributed by atoms with Gasteiger partial charge in [-0.2, -0.15) is 0 Å². The molecule has 0 saturated heterocycles. The van der Waals surface area contributed by atoms with Crippen molar-refractivity contribution in [1.29, 1.82) is 0 Å². The molecule has 4 heteroatoms. The summed E-state index contributed by atoms with van der Waals surface area (Å²) in [5.41, 5.74) is 8.99. The Hall–Kier alpha value is -1.81. The van der Waals surface area contributed by atoms with Crippen molar-refractivity contribution in [1.82, 2.24) is 5.16 Å². The lowest BCUT2D eigenvalue weighted by Crippen LogP contribution is -2.08. The van der Waals surface area contributed by atoms with Gasteiger partial charge in [-0.05, 0) is 38.0 Å². The second-order valence-corrected chi connectivity index (χ2v) is 4.68. The van der Waals surface area contributed by atoms with Crippen LogP contribution < -0.4 is 10.5 Å². The predicted octanol–water partition coefficient (Wildman–Crippen LogP) is 3.28. The third kappa shape index (κ3) is 3.15. The lowest BCUT2D eigenvalue weighted by atomic mass is 10.1. The average Bonchev–Trinajstić information content (AvgIpc) is 2.75. The predicted molar refractivity (Wildman–Crippen MR) is 74.0 cm³/mol. The van der Waals surface area contributed by atoms with Gasteiger partial charge in [0.05, 0.1) is 11.3 Å². The molecule has 0 aliphatic heterocycles. The van der Waals surface area contributed by atoms with Gasteiger partial charge < -0.3 is 15.0 Å². The second kappa shape index (κ2) is 5.89. The summed E-state index contributed by atoms with van der Waals surface area (Å²) in [6.45, 7) is 6.35. The van der Waals surface area contributed by atoms with E-state index in [1.807, 2.05) is 38.1 Å². The summed E-state index contributed by atoms with van der Waals surface area (Å²) < 4.78 is 10.8. The number of hydrogen-bond donors (Lipinski definition) is 1. The van der Waals surface area contributed by atoms with Crippen molar-refractivity contribution in [2.75, 3.05) is 0 Å². The van der Waals surface area contributed by atoms with Crippen molar-refractivity contribution < 1.29 is 9.26 Å². The molecule has 0 spiro atoms. The van der Waals surface area contributed by atoms with E-state index in [1.165, 1.54) is 0 Å². The van der Waals surface area contributed by atoms with E-state index in [1.54, 1.807) is 0 Å². The molecule has 1 atom stereocenters. The molecule has 2 N–H and O–H groups in total. The van der Waals surface area contributed by atoms with Crippen molar-refractivity contribution >= 4 is 0 Å². The van der Waals surface area contributed by atoms with Crippen LogP contribution in [0.25, 0.3) is 0 Å². The fourth-order valence-electron chi connectivity index (χ4n) is 1.91. The number of nitrogens with zero attached hydrogens (tertiary/aromatic N) is 1. The molecule has 0 saturated carbocycles. The van der Waals surface area contributed by atoms with Crippen molar-refractivity contribution in [3.8, 4) is 5.75 Å². The summed E-state index contributed by atoms with van der Waals surface area (Å²) in [6, 6.07) is 8.01. The summed E-state index contributed by atoms with van der Waals surface area (Å²) in [5.74, 6) is 1.63. The lowest BCUT2D eigenvalue weighted by Gasteiger charge is -2.10. The van der Waals surface area contributed by atoms with E-state index in [2.05, 4.69) is 12.1 Å². The molecule has 0 amide bonds. The van der Waals surface area contributed by atoms with Crippen LogP contribution in [0, 0.1) is 13.8 Å². The number of rotatable bonds is 5. The normalized spacial score (nSPS) is 12.4. The number of ether oxygens (including phenoxy) is 1. The molecule has 1 unspecified atom stereocenters. The topological polar surface area (TPSA) is 61.3 Å². The highest BCUT2D eigenvalue weighted by atomic mass is 16.5. The van der Waals surface area contributed by atoms with Crippen LogP contribution in [0.15, 0.2) is 28.8 Å². The standard InChI is InChI=1S/C15H20N2O2/c1-4-15(16)12-5-7-13(8-6-12)18-9-14-10(2)17-19-11(14)3/h5-8,15H,4,9,16H2,1-3H3. The minimum Gasteiger partial charge on any atom is -0.489 e. The van der Waals surface area contributed by atoms with E-state index < -0.39 is 0 Å². The molecule has 1 heterocycles. The molecule has 0 radical (unpaired) electrons. The zero-order valence-corrected chi connectivity index (χ0v) is 11.6. The molecule has 0 aliphatic carbocycles. The van der Waals surface area contributed by atoms with Gasteiger partial charge in [0.15, 0.2) is 0 Å². The minimum atomic E-state index is 0.0941. The first kappa shape index (κ1) is 13.6. The van der Waals surface area contributed by atoms with Crippen LogP contribution in [0.4, 0.5) is 0 Å². The van der Waals surface area contributed by atoms with E-state index >= 15 is 0 Å². The summed E-state index contributed by atoms with van der Waals surface area (Å²) in [5, 5.41) is 3.91. The van der Waals surface area contributed by atoms with Crippen molar-refractivity contribution in [3.63, 3.8) is 0 Å². The number of hydrogen-bond acceptors (Lipinski definition) is 4. The number of aryl methyl sites for hydroxylation is 2. The highest BCUT2D eigenvalue weighted by Gasteiger charge is 2.09. The van der Waals surface area contributed by atoms with Gasteiger partial charge in [-0.25, -0.2) is 0 Å². The molecule has 1 aromatic carbocycles. The fourth-order valence-corrected chi connectivity index (χ4v) is 1.91. The highest BCUT2D eigenvalue weighted by Crippen LogP contribution is 2.20. The van der Waals surface area contributed by atoms with Crippen LogP contribution in [0.1, 0.15) is 42.0 Å². The molecule has 2 rings (SSSR count). The van der Waals surface area contributed by atoms with Gasteiger partial charge in [0.2, 0.25) is 0 Å². The second-order valence-electron chi connectivity index (χ2n) is 4.68. The summed E-state index contributed by atoms with van der Waals surface area (Å²) in [6.07, 6.45) is 0.930. The largest absolute Gasteiger partial charge is 0.489 e. The first-order valence-corrected chi connectivity index (χ1v) is 6.52. The summed E-state index contributed by atoms with van der Waals surface area (Å²) in [7, 11) is 0. The van der Waals surface area contributed by atoms with Crippen LogP contribution in [0.2, 0.25) is 0 Å². The minimum absolute atomic E-state index is 0.0941. The summed E-state index contributed by atoms with van der Waals surface area (Å²) >= 11 is 0. The molecule has 19 heavy (non-hydrogen) atoms. The van der Waals surface area contributed by atoms with E-state index in [0.29, 0.717) is 6.61 Å². The van der Waals surface area contributed by atoms with Crippen LogP contribution in [-0.2, 0) is 6.61 Å². The van der Waals surface area contributed by atoms with E-state index in [9.17, 15) is 0 Å². The number of benzene rings is 1. The molecule has 1 aromatic heterocycles. The monoisotopic (exact) mass is 260 g/mol. The van der Waals surface area contributed by atoms with Gasteiger partial charge in [0.25, 0.3) is 0 Å². The Balaban J connectivity index is 2.01. The van der Waals surface area contributed by atoms with Gasteiger partial charge in [0, 0.05) is 6.04 Å². The molecule has 2 aromatic rings. The lowest BCUT2D eigenvalue weighted by molar-refractivity contribution is 0.301. The average molecular weight is 260 g/mol.